The molecule has 0 saturated heterocycles. The van der Waals surface area contributed by atoms with Gasteiger partial charge in [0, 0.05) is 0 Å². The minimum Gasteiger partial charge on any atom is -0.0991 e. The van der Waals surface area contributed by atoms with E-state index in [9.17, 15) is 0 Å². The van der Waals surface area contributed by atoms with E-state index >= 15 is 0 Å². The zero-order valence-corrected chi connectivity index (χ0v) is 8.72. The molecule has 0 aromatic carbocycles. The van der Waals surface area contributed by atoms with Crippen molar-refractivity contribution in [2.75, 3.05) is 0 Å². The largest absolute Gasteiger partial charge is 0.0991 e. The first-order chi connectivity index (χ1) is 5.63. The number of allylic oxidation sites excluding steroid dienone is 5. The zero-order chi connectivity index (χ0) is 9.56. The highest BCUT2D eigenvalue weighted by Gasteiger charge is 2.02. The van der Waals surface area contributed by atoms with E-state index in [1.165, 1.54) is 17.6 Å². The van der Waals surface area contributed by atoms with Crippen molar-refractivity contribution in [3.63, 3.8) is 0 Å². The van der Waals surface area contributed by atoms with Gasteiger partial charge in [0.25, 0.3) is 0 Å². The van der Waals surface area contributed by atoms with Crippen molar-refractivity contribution in [2.45, 2.75) is 34.1 Å². The summed E-state index contributed by atoms with van der Waals surface area (Å²) in [6.07, 6.45) is 7.13. The van der Waals surface area contributed by atoms with Crippen molar-refractivity contribution in [3.05, 3.63) is 36.0 Å². The Balaban J connectivity index is 4.44. The second kappa shape index (κ2) is 5.82. The summed E-state index contributed by atoms with van der Waals surface area (Å²) in [5.41, 5.74) is 2.85. The maximum atomic E-state index is 3.65. The number of hydrogen-bond donors (Lipinski definition) is 0. The Labute approximate surface area is 76.7 Å². The molecule has 1 atom stereocenters. The molecule has 0 N–H and O–H groups in total. The molecule has 12 heavy (non-hydrogen) atoms. The first-order valence-electron chi connectivity index (χ1n) is 4.59. The quantitative estimate of drug-likeness (QED) is 0.548. The van der Waals surface area contributed by atoms with Gasteiger partial charge in [0.1, 0.15) is 0 Å². The van der Waals surface area contributed by atoms with Crippen LogP contribution in [-0.2, 0) is 0 Å². The van der Waals surface area contributed by atoms with Gasteiger partial charge < -0.3 is 0 Å². The van der Waals surface area contributed by atoms with Crippen LogP contribution in [0.3, 0.4) is 0 Å². The van der Waals surface area contributed by atoms with Gasteiger partial charge in [-0.2, -0.15) is 0 Å². The second-order valence-corrected chi connectivity index (χ2v) is 3.27. The smallest absolute Gasteiger partial charge is 0.0231 e. The fourth-order valence-electron chi connectivity index (χ4n) is 1.04. The highest BCUT2D eigenvalue weighted by atomic mass is 14.1. The van der Waals surface area contributed by atoms with E-state index in [0.717, 1.165) is 0 Å². The standard InChI is InChI=1S/C12H20/c1-6-8-9-11(4)12(5)10(3)7-2/h6,8-10H,1,7H2,2-5H3/b9-8-,12-11-. The monoisotopic (exact) mass is 164 g/mol. The van der Waals surface area contributed by atoms with Crippen LogP contribution >= 0.6 is 0 Å². The minimum atomic E-state index is 0.694. The molecule has 0 aliphatic rings. The van der Waals surface area contributed by atoms with E-state index in [4.69, 9.17) is 0 Å². The first kappa shape index (κ1) is 11.2. The predicted molar refractivity (Wildman–Crippen MR) is 57.2 cm³/mol. The number of hydrogen-bond acceptors (Lipinski definition) is 0. The molecule has 0 nitrogen and oxygen atoms in total. The van der Waals surface area contributed by atoms with Crippen LogP contribution in [-0.4, -0.2) is 0 Å². The summed E-state index contributed by atoms with van der Waals surface area (Å²) in [5, 5.41) is 0. The molecule has 1 unspecified atom stereocenters. The average Bonchev–Trinajstić information content (AvgIpc) is 2.11. The topological polar surface area (TPSA) is 0 Å². The molecule has 0 aromatic heterocycles. The lowest BCUT2D eigenvalue weighted by atomic mass is 9.95. The van der Waals surface area contributed by atoms with Crippen LogP contribution in [0.1, 0.15) is 34.1 Å². The Kier molecular flexibility index (Phi) is 5.44. The summed E-state index contributed by atoms with van der Waals surface area (Å²) in [6.45, 7) is 12.5. The lowest BCUT2D eigenvalue weighted by Crippen LogP contribution is -1.95. The van der Waals surface area contributed by atoms with Crippen LogP contribution in [0.4, 0.5) is 0 Å². The maximum absolute atomic E-state index is 3.65. The van der Waals surface area contributed by atoms with Crippen LogP contribution in [0.5, 0.6) is 0 Å². The second-order valence-electron chi connectivity index (χ2n) is 3.27. The van der Waals surface area contributed by atoms with E-state index in [0.29, 0.717) is 5.92 Å². The molecule has 0 amide bonds. The van der Waals surface area contributed by atoms with E-state index in [1.807, 2.05) is 12.2 Å². The Bertz CT molecular complexity index is 194. The highest BCUT2D eigenvalue weighted by Crippen LogP contribution is 2.18. The van der Waals surface area contributed by atoms with Crippen molar-refractivity contribution in [1.82, 2.24) is 0 Å². The molecule has 0 bridgehead atoms. The normalized spacial score (nSPS) is 16.0. The van der Waals surface area contributed by atoms with E-state index in [1.54, 1.807) is 0 Å². The number of rotatable bonds is 4. The molecule has 0 saturated carbocycles. The molecule has 0 aliphatic heterocycles. The van der Waals surface area contributed by atoms with E-state index in [-0.39, 0.29) is 0 Å². The third-order valence-electron chi connectivity index (χ3n) is 2.46. The van der Waals surface area contributed by atoms with Gasteiger partial charge in [-0.05, 0) is 26.2 Å². The molecule has 68 valence electrons. The minimum absolute atomic E-state index is 0.694. The lowest BCUT2D eigenvalue weighted by Gasteiger charge is -2.10. The summed E-state index contributed by atoms with van der Waals surface area (Å²) in [5.74, 6) is 0.694. The fourth-order valence-corrected chi connectivity index (χ4v) is 1.04. The van der Waals surface area contributed by atoms with Crippen LogP contribution < -0.4 is 0 Å². The van der Waals surface area contributed by atoms with Crippen LogP contribution in [0, 0.1) is 5.92 Å². The van der Waals surface area contributed by atoms with E-state index in [2.05, 4.69) is 40.3 Å². The van der Waals surface area contributed by atoms with Gasteiger partial charge in [0.15, 0.2) is 0 Å². The Morgan fingerprint density at radius 1 is 1.42 bits per heavy atom. The van der Waals surface area contributed by atoms with Crippen LogP contribution in [0.2, 0.25) is 0 Å². The van der Waals surface area contributed by atoms with Gasteiger partial charge >= 0.3 is 0 Å². The molecule has 0 aliphatic carbocycles. The summed E-state index contributed by atoms with van der Waals surface area (Å²) in [6, 6.07) is 0. The average molecular weight is 164 g/mol. The SMILES string of the molecule is C=C/C=C\C(C)=C(\C)C(C)CC. The molecule has 0 aromatic rings. The van der Waals surface area contributed by atoms with Crippen LogP contribution in [0.15, 0.2) is 36.0 Å². The van der Waals surface area contributed by atoms with Crippen molar-refractivity contribution in [2.24, 2.45) is 5.92 Å². The van der Waals surface area contributed by atoms with Gasteiger partial charge in [0.05, 0.1) is 0 Å². The molecular formula is C12H20. The van der Waals surface area contributed by atoms with Crippen molar-refractivity contribution < 1.29 is 0 Å². The predicted octanol–water partition coefficient (Wildman–Crippen LogP) is 4.11. The maximum Gasteiger partial charge on any atom is -0.0231 e. The van der Waals surface area contributed by atoms with Crippen molar-refractivity contribution in [3.8, 4) is 0 Å². The van der Waals surface area contributed by atoms with Gasteiger partial charge in [-0.15, -0.1) is 0 Å². The van der Waals surface area contributed by atoms with Gasteiger partial charge in [0.2, 0.25) is 0 Å². The summed E-state index contributed by atoms with van der Waals surface area (Å²) in [4.78, 5) is 0. The molecule has 0 radical (unpaired) electrons. The van der Waals surface area contributed by atoms with Gasteiger partial charge in [-0.1, -0.05) is 49.8 Å². The molecule has 0 rings (SSSR count). The molecule has 0 heterocycles. The third-order valence-corrected chi connectivity index (χ3v) is 2.46. The van der Waals surface area contributed by atoms with Crippen molar-refractivity contribution in [1.29, 1.82) is 0 Å². The first-order valence-corrected chi connectivity index (χ1v) is 4.59. The van der Waals surface area contributed by atoms with E-state index < -0.39 is 0 Å². The summed E-state index contributed by atoms with van der Waals surface area (Å²) < 4.78 is 0. The van der Waals surface area contributed by atoms with Gasteiger partial charge in [-0.25, -0.2) is 0 Å². The van der Waals surface area contributed by atoms with Crippen LogP contribution in [0.25, 0.3) is 0 Å². The summed E-state index contributed by atoms with van der Waals surface area (Å²) >= 11 is 0. The lowest BCUT2D eigenvalue weighted by molar-refractivity contribution is 0.650. The Hall–Kier alpha value is -0.780. The zero-order valence-electron chi connectivity index (χ0n) is 8.72. The Morgan fingerprint density at radius 3 is 2.42 bits per heavy atom. The molecule has 0 fully saturated rings. The Morgan fingerprint density at radius 2 is 2.00 bits per heavy atom. The molecule has 0 spiro atoms. The van der Waals surface area contributed by atoms with Gasteiger partial charge in [-0.3, -0.25) is 0 Å². The molecular weight excluding hydrogens is 144 g/mol. The fraction of sp³-hybridized carbons (Fsp3) is 0.500. The highest BCUT2D eigenvalue weighted by molar-refractivity contribution is 5.25. The third kappa shape index (κ3) is 3.56. The van der Waals surface area contributed by atoms with Crippen molar-refractivity contribution >= 4 is 0 Å². The molecule has 0 heteroatoms. The summed E-state index contributed by atoms with van der Waals surface area (Å²) in [7, 11) is 0.